The zero-order valence-electron chi connectivity index (χ0n) is 13.8. The van der Waals surface area contributed by atoms with Gasteiger partial charge in [0.15, 0.2) is 0 Å². The molecule has 0 fully saturated rings. The number of carboxylic acids is 1. The van der Waals surface area contributed by atoms with Crippen LogP contribution >= 0.6 is 11.6 Å². The Hall–Kier alpha value is -2.73. The molecule has 2 rings (SSSR count). The standard InChI is InChI=1S/C18H18ClNO5/c1-3-8-25-16-10-12(5-6-13(16)18(22)23)20-17(21)14-9-11(19)4-7-15(14)24-2/h4-7,9-10H,3,8H2,1-2H3,(H,20,21)(H,22,23). The number of benzene rings is 2. The molecule has 0 unspecified atom stereocenters. The van der Waals surface area contributed by atoms with Gasteiger partial charge in [-0.1, -0.05) is 18.5 Å². The summed E-state index contributed by atoms with van der Waals surface area (Å²) in [5.74, 6) is -0.943. The predicted octanol–water partition coefficient (Wildman–Crippen LogP) is 4.09. The molecule has 7 heteroatoms. The van der Waals surface area contributed by atoms with Crippen molar-refractivity contribution in [3.05, 3.63) is 52.5 Å². The number of hydrogen-bond donors (Lipinski definition) is 2. The van der Waals surface area contributed by atoms with Gasteiger partial charge in [-0.15, -0.1) is 0 Å². The Morgan fingerprint density at radius 3 is 2.52 bits per heavy atom. The van der Waals surface area contributed by atoms with Crippen molar-refractivity contribution in [3.63, 3.8) is 0 Å². The first-order valence-electron chi connectivity index (χ1n) is 7.61. The Morgan fingerprint density at radius 1 is 1.12 bits per heavy atom. The van der Waals surface area contributed by atoms with Gasteiger partial charge in [-0.05, 0) is 36.8 Å². The highest BCUT2D eigenvalue weighted by molar-refractivity contribution is 6.31. The van der Waals surface area contributed by atoms with E-state index in [-0.39, 0.29) is 16.9 Å². The molecule has 1 amide bonds. The number of nitrogens with one attached hydrogen (secondary N) is 1. The lowest BCUT2D eigenvalue weighted by Gasteiger charge is -2.13. The molecule has 0 saturated carbocycles. The molecule has 0 saturated heterocycles. The van der Waals surface area contributed by atoms with Crippen molar-refractivity contribution in [1.29, 1.82) is 0 Å². The zero-order chi connectivity index (χ0) is 18.4. The molecule has 0 aliphatic carbocycles. The zero-order valence-corrected chi connectivity index (χ0v) is 14.6. The lowest BCUT2D eigenvalue weighted by molar-refractivity contribution is 0.0692. The van der Waals surface area contributed by atoms with E-state index in [2.05, 4.69) is 5.32 Å². The second kappa shape index (κ2) is 8.39. The molecular formula is C18H18ClNO5. The Morgan fingerprint density at radius 2 is 1.88 bits per heavy atom. The monoisotopic (exact) mass is 363 g/mol. The van der Waals surface area contributed by atoms with Crippen LogP contribution in [0.25, 0.3) is 0 Å². The van der Waals surface area contributed by atoms with Crippen LogP contribution in [0.1, 0.15) is 34.1 Å². The fourth-order valence-corrected chi connectivity index (χ4v) is 2.34. The highest BCUT2D eigenvalue weighted by Gasteiger charge is 2.16. The Balaban J connectivity index is 2.29. The minimum atomic E-state index is -1.10. The predicted molar refractivity (Wildman–Crippen MR) is 95.1 cm³/mol. The van der Waals surface area contributed by atoms with E-state index in [1.165, 1.54) is 31.4 Å². The van der Waals surface area contributed by atoms with Crippen LogP contribution in [-0.2, 0) is 0 Å². The average molecular weight is 364 g/mol. The lowest BCUT2D eigenvalue weighted by Crippen LogP contribution is -2.14. The van der Waals surface area contributed by atoms with E-state index in [4.69, 9.17) is 21.1 Å². The van der Waals surface area contributed by atoms with Gasteiger partial charge in [0.05, 0.1) is 19.3 Å². The van der Waals surface area contributed by atoms with E-state index in [0.29, 0.717) is 23.1 Å². The number of hydrogen-bond acceptors (Lipinski definition) is 4. The molecule has 0 aliphatic rings. The molecule has 2 aromatic rings. The van der Waals surface area contributed by atoms with E-state index in [1.54, 1.807) is 12.1 Å². The third-order valence-corrected chi connectivity index (χ3v) is 3.57. The number of halogens is 1. The van der Waals surface area contributed by atoms with Crippen molar-refractivity contribution in [2.75, 3.05) is 19.0 Å². The van der Waals surface area contributed by atoms with E-state index in [1.807, 2.05) is 6.92 Å². The summed E-state index contributed by atoms with van der Waals surface area (Å²) in [5.41, 5.74) is 0.711. The molecule has 0 aromatic heterocycles. The summed E-state index contributed by atoms with van der Waals surface area (Å²) in [5, 5.41) is 12.3. The topological polar surface area (TPSA) is 84.9 Å². The van der Waals surface area contributed by atoms with E-state index in [0.717, 1.165) is 6.42 Å². The molecule has 0 bridgehead atoms. The first kappa shape index (κ1) is 18.6. The first-order valence-corrected chi connectivity index (χ1v) is 7.99. The smallest absolute Gasteiger partial charge is 0.339 e. The maximum atomic E-state index is 12.5. The third-order valence-electron chi connectivity index (χ3n) is 3.34. The highest BCUT2D eigenvalue weighted by Crippen LogP contribution is 2.27. The summed E-state index contributed by atoms with van der Waals surface area (Å²) in [6.07, 6.45) is 0.732. The summed E-state index contributed by atoms with van der Waals surface area (Å²) in [7, 11) is 1.46. The van der Waals surface area contributed by atoms with Crippen molar-refractivity contribution >= 4 is 29.2 Å². The summed E-state index contributed by atoms with van der Waals surface area (Å²) in [6, 6.07) is 9.08. The van der Waals surface area contributed by atoms with E-state index >= 15 is 0 Å². The molecular weight excluding hydrogens is 346 g/mol. The number of methoxy groups -OCH3 is 1. The van der Waals surface area contributed by atoms with Gasteiger partial charge < -0.3 is 19.9 Å². The summed E-state index contributed by atoms with van der Waals surface area (Å²) in [4.78, 5) is 23.7. The highest BCUT2D eigenvalue weighted by atomic mass is 35.5. The quantitative estimate of drug-likeness (QED) is 0.774. The molecule has 132 valence electrons. The van der Waals surface area contributed by atoms with Gasteiger partial charge in [0.25, 0.3) is 5.91 Å². The Bertz CT molecular complexity index is 791. The third kappa shape index (κ3) is 4.64. The van der Waals surface area contributed by atoms with Crippen LogP contribution in [0.5, 0.6) is 11.5 Å². The molecule has 25 heavy (non-hydrogen) atoms. The van der Waals surface area contributed by atoms with Crippen LogP contribution in [0.15, 0.2) is 36.4 Å². The molecule has 6 nitrogen and oxygen atoms in total. The van der Waals surface area contributed by atoms with Crippen molar-refractivity contribution in [2.45, 2.75) is 13.3 Å². The van der Waals surface area contributed by atoms with Crippen LogP contribution < -0.4 is 14.8 Å². The van der Waals surface area contributed by atoms with Gasteiger partial charge in [0.1, 0.15) is 17.1 Å². The summed E-state index contributed by atoms with van der Waals surface area (Å²) < 4.78 is 10.6. The first-order chi connectivity index (χ1) is 12.0. The normalized spacial score (nSPS) is 10.2. The van der Waals surface area contributed by atoms with Gasteiger partial charge in [0.2, 0.25) is 0 Å². The molecule has 0 atom stereocenters. The van der Waals surface area contributed by atoms with Gasteiger partial charge in [0, 0.05) is 16.8 Å². The number of ether oxygens (including phenoxy) is 2. The van der Waals surface area contributed by atoms with Crippen LogP contribution in [0.3, 0.4) is 0 Å². The molecule has 2 aromatic carbocycles. The van der Waals surface area contributed by atoms with Crippen LogP contribution in [0, 0.1) is 0 Å². The number of carbonyl (C=O) groups is 2. The minimum absolute atomic E-state index is 0.0341. The fraction of sp³-hybridized carbons (Fsp3) is 0.222. The van der Waals surface area contributed by atoms with Crippen molar-refractivity contribution in [3.8, 4) is 11.5 Å². The number of aromatic carboxylic acids is 1. The number of carboxylic acid groups (broad SMARTS) is 1. The number of amides is 1. The van der Waals surface area contributed by atoms with Crippen molar-refractivity contribution in [2.24, 2.45) is 0 Å². The second-order valence-electron chi connectivity index (χ2n) is 5.16. The number of anilines is 1. The van der Waals surface area contributed by atoms with Crippen LogP contribution in [-0.4, -0.2) is 30.7 Å². The number of rotatable bonds is 7. The van der Waals surface area contributed by atoms with Crippen LogP contribution in [0.4, 0.5) is 5.69 Å². The minimum Gasteiger partial charge on any atom is -0.496 e. The molecule has 0 radical (unpaired) electrons. The van der Waals surface area contributed by atoms with E-state index in [9.17, 15) is 14.7 Å². The van der Waals surface area contributed by atoms with Crippen LogP contribution in [0.2, 0.25) is 5.02 Å². The largest absolute Gasteiger partial charge is 0.496 e. The Labute approximate surface area is 150 Å². The van der Waals surface area contributed by atoms with Crippen molar-refractivity contribution in [1.82, 2.24) is 0 Å². The fourth-order valence-electron chi connectivity index (χ4n) is 2.16. The van der Waals surface area contributed by atoms with E-state index < -0.39 is 11.9 Å². The molecule has 2 N–H and O–H groups in total. The van der Waals surface area contributed by atoms with Crippen molar-refractivity contribution < 1.29 is 24.2 Å². The Kier molecular flexibility index (Phi) is 6.25. The second-order valence-corrected chi connectivity index (χ2v) is 5.60. The maximum Gasteiger partial charge on any atom is 0.339 e. The van der Waals surface area contributed by atoms with Gasteiger partial charge in [-0.2, -0.15) is 0 Å². The average Bonchev–Trinajstić information content (AvgIpc) is 2.59. The number of carbonyl (C=O) groups excluding carboxylic acids is 1. The molecule has 0 aliphatic heterocycles. The van der Waals surface area contributed by atoms with Gasteiger partial charge >= 0.3 is 5.97 Å². The van der Waals surface area contributed by atoms with Gasteiger partial charge in [-0.25, -0.2) is 4.79 Å². The SMILES string of the molecule is CCCOc1cc(NC(=O)c2cc(Cl)ccc2OC)ccc1C(=O)O. The van der Waals surface area contributed by atoms with Gasteiger partial charge in [-0.3, -0.25) is 4.79 Å². The maximum absolute atomic E-state index is 12.5. The lowest BCUT2D eigenvalue weighted by atomic mass is 10.1. The molecule has 0 spiro atoms. The summed E-state index contributed by atoms with van der Waals surface area (Å²) >= 11 is 5.94. The summed E-state index contributed by atoms with van der Waals surface area (Å²) in [6.45, 7) is 2.29. The molecule has 0 heterocycles.